The fourth-order valence-electron chi connectivity index (χ4n) is 4.25. The van der Waals surface area contributed by atoms with Gasteiger partial charge in [0, 0.05) is 23.6 Å². The zero-order valence-electron chi connectivity index (χ0n) is 20.8. The van der Waals surface area contributed by atoms with Crippen LogP contribution in [0.2, 0.25) is 5.02 Å². The second kappa shape index (κ2) is 11.3. The molecule has 0 fully saturated rings. The van der Waals surface area contributed by atoms with Crippen LogP contribution >= 0.6 is 23.4 Å². The molecule has 2 aliphatic rings. The largest absolute Gasteiger partial charge is 0.497 e. The maximum absolute atomic E-state index is 12.8. The number of anilines is 1. The van der Waals surface area contributed by atoms with E-state index in [1.165, 1.54) is 11.8 Å². The monoisotopic (exact) mass is 548 g/mol. The molecule has 2 atom stereocenters. The second-order valence-corrected chi connectivity index (χ2v) is 10.3. The molecule has 0 aromatic heterocycles. The fraction of sp³-hybridized carbons (Fsp3) is 0.214. The van der Waals surface area contributed by atoms with E-state index in [9.17, 15) is 9.59 Å². The van der Waals surface area contributed by atoms with E-state index in [2.05, 4.69) is 10.3 Å². The Morgan fingerprint density at radius 2 is 1.63 bits per heavy atom. The van der Waals surface area contributed by atoms with E-state index in [-0.39, 0.29) is 24.3 Å². The lowest BCUT2D eigenvalue weighted by Crippen LogP contribution is -2.25. The van der Waals surface area contributed by atoms with Gasteiger partial charge in [0.15, 0.2) is 5.17 Å². The summed E-state index contributed by atoms with van der Waals surface area (Å²) in [5.74, 6) is 0.835. The number of hydrazone groups is 1. The highest BCUT2D eigenvalue weighted by Crippen LogP contribution is 2.39. The molecule has 5 rings (SSSR count). The number of nitrogens with one attached hydrogen (secondary N) is 1. The first-order valence-corrected chi connectivity index (χ1v) is 13.2. The SMILES string of the molecule is COc1ccc(NC(=O)C[C@H]2SC(N3N=C(c4ccc(OC)cc4)C[C@@H]3c3ccc(Cl)cc3)=NC2=O)cc1. The highest BCUT2D eigenvalue weighted by atomic mass is 35.5. The summed E-state index contributed by atoms with van der Waals surface area (Å²) < 4.78 is 10.4. The van der Waals surface area contributed by atoms with Crippen molar-refractivity contribution in [2.75, 3.05) is 19.5 Å². The van der Waals surface area contributed by atoms with Crippen molar-refractivity contribution in [3.05, 3.63) is 88.9 Å². The van der Waals surface area contributed by atoms with Crippen molar-refractivity contribution in [1.29, 1.82) is 0 Å². The van der Waals surface area contributed by atoms with Crippen LogP contribution in [0.3, 0.4) is 0 Å². The maximum atomic E-state index is 12.8. The lowest BCUT2D eigenvalue weighted by molar-refractivity contribution is -0.121. The molecule has 2 amide bonds. The molecule has 0 radical (unpaired) electrons. The lowest BCUT2D eigenvalue weighted by atomic mass is 9.98. The number of amides is 2. The normalized spacial score (nSPS) is 18.7. The number of amidine groups is 1. The number of nitrogens with zero attached hydrogens (tertiary/aromatic N) is 3. The molecule has 0 saturated heterocycles. The van der Waals surface area contributed by atoms with E-state index in [0.717, 1.165) is 22.6 Å². The van der Waals surface area contributed by atoms with Crippen LogP contribution in [0.25, 0.3) is 0 Å². The molecule has 0 aliphatic carbocycles. The summed E-state index contributed by atoms with van der Waals surface area (Å²) in [6, 6.07) is 22.1. The minimum absolute atomic E-state index is 0.00294. The predicted molar refractivity (Wildman–Crippen MR) is 150 cm³/mol. The van der Waals surface area contributed by atoms with Crippen molar-refractivity contribution >= 4 is 51.7 Å². The van der Waals surface area contributed by atoms with Gasteiger partial charge in [0.25, 0.3) is 5.91 Å². The quantitative estimate of drug-likeness (QED) is 0.417. The zero-order chi connectivity index (χ0) is 26.6. The number of ether oxygens (including phenoxy) is 2. The van der Waals surface area contributed by atoms with Crippen molar-refractivity contribution in [2.24, 2.45) is 10.1 Å². The first-order chi connectivity index (χ1) is 18.4. The number of thioether (sulfide) groups is 1. The third kappa shape index (κ3) is 5.69. The average Bonchev–Trinajstić information content (AvgIpc) is 3.53. The molecule has 3 aromatic carbocycles. The van der Waals surface area contributed by atoms with Gasteiger partial charge in [-0.25, -0.2) is 5.01 Å². The molecule has 194 valence electrons. The minimum Gasteiger partial charge on any atom is -0.497 e. The van der Waals surface area contributed by atoms with Crippen LogP contribution in [0.5, 0.6) is 11.5 Å². The molecule has 10 heteroatoms. The lowest BCUT2D eigenvalue weighted by Gasteiger charge is -2.23. The van der Waals surface area contributed by atoms with E-state index in [0.29, 0.717) is 28.0 Å². The van der Waals surface area contributed by atoms with E-state index >= 15 is 0 Å². The van der Waals surface area contributed by atoms with Crippen LogP contribution in [-0.2, 0) is 9.59 Å². The maximum Gasteiger partial charge on any atom is 0.262 e. The van der Waals surface area contributed by atoms with Gasteiger partial charge in [-0.2, -0.15) is 10.1 Å². The van der Waals surface area contributed by atoms with E-state index in [1.54, 1.807) is 43.5 Å². The van der Waals surface area contributed by atoms with Crippen LogP contribution in [0, 0.1) is 0 Å². The molecule has 8 nitrogen and oxygen atoms in total. The van der Waals surface area contributed by atoms with Crippen molar-refractivity contribution in [3.8, 4) is 11.5 Å². The van der Waals surface area contributed by atoms with E-state index in [4.69, 9.17) is 26.2 Å². The molecular weight excluding hydrogens is 524 g/mol. The Balaban J connectivity index is 1.33. The molecule has 38 heavy (non-hydrogen) atoms. The summed E-state index contributed by atoms with van der Waals surface area (Å²) in [7, 11) is 3.20. The number of rotatable bonds is 7. The van der Waals surface area contributed by atoms with Gasteiger partial charge in [-0.15, -0.1) is 0 Å². The van der Waals surface area contributed by atoms with Gasteiger partial charge in [-0.3, -0.25) is 9.59 Å². The highest BCUT2D eigenvalue weighted by molar-refractivity contribution is 8.15. The smallest absolute Gasteiger partial charge is 0.262 e. The Labute approximate surface area is 229 Å². The van der Waals surface area contributed by atoms with Crippen LogP contribution in [0.1, 0.15) is 30.0 Å². The molecule has 0 spiro atoms. The Morgan fingerprint density at radius 1 is 1.00 bits per heavy atom. The molecule has 0 unspecified atom stereocenters. The Kier molecular flexibility index (Phi) is 7.67. The molecular formula is C28H25ClN4O4S. The average molecular weight is 549 g/mol. The molecule has 0 bridgehead atoms. The zero-order valence-corrected chi connectivity index (χ0v) is 22.3. The van der Waals surface area contributed by atoms with Crippen LogP contribution in [-0.4, -0.2) is 47.2 Å². The van der Waals surface area contributed by atoms with Gasteiger partial charge in [0.1, 0.15) is 16.7 Å². The highest BCUT2D eigenvalue weighted by Gasteiger charge is 2.39. The number of hydrogen-bond acceptors (Lipinski definition) is 7. The number of hydrogen-bond donors (Lipinski definition) is 1. The van der Waals surface area contributed by atoms with Crippen molar-refractivity contribution in [1.82, 2.24) is 5.01 Å². The van der Waals surface area contributed by atoms with Gasteiger partial charge < -0.3 is 14.8 Å². The number of aliphatic imine (C=N–C) groups is 1. The molecule has 0 saturated carbocycles. The summed E-state index contributed by atoms with van der Waals surface area (Å²) in [6.07, 6.45) is 0.612. The third-order valence-electron chi connectivity index (χ3n) is 6.26. The first kappa shape index (κ1) is 25.8. The van der Waals surface area contributed by atoms with Gasteiger partial charge in [-0.1, -0.05) is 35.5 Å². The molecule has 3 aromatic rings. The number of carbonyl (C=O) groups excluding carboxylic acids is 2. The fourth-order valence-corrected chi connectivity index (χ4v) is 5.44. The summed E-state index contributed by atoms with van der Waals surface area (Å²) in [4.78, 5) is 29.8. The molecule has 1 N–H and O–H groups in total. The van der Waals surface area contributed by atoms with Crippen LogP contribution in [0.15, 0.2) is 82.9 Å². The van der Waals surface area contributed by atoms with Gasteiger partial charge >= 0.3 is 0 Å². The first-order valence-electron chi connectivity index (χ1n) is 11.9. The second-order valence-electron chi connectivity index (χ2n) is 8.71. The number of halogens is 1. The van der Waals surface area contributed by atoms with Gasteiger partial charge in [-0.05, 0) is 71.8 Å². The van der Waals surface area contributed by atoms with Crippen LogP contribution in [0.4, 0.5) is 5.69 Å². The predicted octanol–water partition coefficient (Wildman–Crippen LogP) is 5.54. The summed E-state index contributed by atoms with van der Waals surface area (Å²) >= 11 is 7.38. The number of benzene rings is 3. The van der Waals surface area contributed by atoms with Crippen molar-refractivity contribution in [2.45, 2.75) is 24.1 Å². The number of carbonyl (C=O) groups is 2. The van der Waals surface area contributed by atoms with Gasteiger partial charge in [0.05, 0.1) is 26.0 Å². The van der Waals surface area contributed by atoms with E-state index in [1.807, 2.05) is 48.5 Å². The summed E-state index contributed by atoms with van der Waals surface area (Å²) in [5.41, 5.74) is 3.45. The Bertz CT molecular complexity index is 1390. The summed E-state index contributed by atoms with van der Waals surface area (Å²) in [5, 5.41) is 9.96. The molecule has 2 aliphatic heterocycles. The Hall–Kier alpha value is -3.82. The third-order valence-corrected chi connectivity index (χ3v) is 7.65. The minimum atomic E-state index is -0.630. The number of methoxy groups -OCH3 is 2. The molecule has 2 heterocycles. The van der Waals surface area contributed by atoms with Crippen molar-refractivity contribution < 1.29 is 19.1 Å². The Morgan fingerprint density at radius 3 is 2.26 bits per heavy atom. The summed E-state index contributed by atoms with van der Waals surface area (Å²) in [6.45, 7) is 0. The van der Waals surface area contributed by atoms with Crippen LogP contribution < -0.4 is 14.8 Å². The van der Waals surface area contributed by atoms with Gasteiger partial charge in [0.2, 0.25) is 5.91 Å². The topological polar surface area (TPSA) is 92.6 Å². The van der Waals surface area contributed by atoms with E-state index < -0.39 is 5.25 Å². The van der Waals surface area contributed by atoms with Crippen molar-refractivity contribution in [3.63, 3.8) is 0 Å². The standard InChI is InChI=1S/C28H25ClN4O4S/c1-36-21-11-5-17(6-12-21)23-15-24(18-3-7-19(29)8-4-18)33(32-23)28-31-27(35)25(38-28)16-26(34)30-20-9-13-22(37-2)14-10-20/h3-14,24-25H,15-16H2,1-2H3,(H,30,34)/t24-,25-/m1/s1.